The van der Waals surface area contributed by atoms with Gasteiger partial charge in [-0.05, 0) is 48.5 Å². The smallest absolute Gasteiger partial charge is 0.255 e. The summed E-state index contributed by atoms with van der Waals surface area (Å²) in [5.41, 5.74) is 1.01. The molecule has 0 aliphatic rings. The van der Waals surface area contributed by atoms with Gasteiger partial charge in [-0.25, -0.2) is 13.2 Å². The van der Waals surface area contributed by atoms with E-state index in [0.717, 1.165) is 18.2 Å². The number of rotatable bonds is 5. The first-order valence-electron chi connectivity index (χ1n) is 8.48. The second-order valence-corrected chi connectivity index (χ2v) is 5.99. The minimum absolute atomic E-state index is 0.178. The second kappa shape index (κ2) is 8.43. The summed E-state index contributed by atoms with van der Waals surface area (Å²) in [6.07, 6.45) is 1.12. The molecule has 0 bridgehead atoms. The van der Waals surface area contributed by atoms with Crippen molar-refractivity contribution in [3.05, 3.63) is 96.3 Å². The largest absolute Gasteiger partial charge is 0.323 e. The van der Waals surface area contributed by atoms with Crippen LogP contribution < -0.4 is 10.6 Å². The minimum Gasteiger partial charge on any atom is -0.323 e. The van der Waals surface area contributed by atoms with Crippen molar-refractivity contribution in [2.45, 2.75) is 0 Å². The molecular weight excluding hydrogens is 381 g/mol. The van der Waals surface area contributed by atoms with Gasteiger partial charge in [-0.15, -0.1) is 0 Å². The van der Waals surface area contributed by atoms with Gasteiger partial charge in [-0.1, -0.05) is 24.8 Å². The predicted octanol–water partition coefficient (Wildman–Crippen LogP) is 5.15. The lowest BCUT2D eigenvalue weighted by Gasteiger charge is -2.13. The van der Waals surface area contributed by atoms with Gasteiger partial charge in [0, 0.05) is 28.1 Å². The maximum absolute atomic E-state index is 14.2. The molecule has 146 valence electrons. The van der Waals surface area contributed by atoms with Gasteiger partial charge in [0.25, 0.3) is 5.91 Å². The van der Waals surface area contributed by atoms with Gasteiger partial charge in [0.2, 0.25) is 5.91 Å². The highest BCUT2D eigenvalue weighted by Gasteiger charge is 2.18. The quantitative estimate of drug-likeness (QED) is 0.463. The van der Waals surface area contributed by atoms with Crippen LogP contribution >= 0.6 is 0 Å². The zero-order valence-electron chi connectivity index (χ0n) is 15.0. The lowest BCUT2D eigenvalue weighted by molar-refractivity contribution is -0.111. The Morgan fingerprint density at radius 1 is 0.793 bits per heavy atom. The maximum Gasteiger partial charge on any atom is 0.255 e. The van der Waals surface area contributed by atoms with Crippen LogP contribution in [0.15, 0.2) is 73.3 Å². The van der Waals surface area contributed by atoms with Crippen molar-refractivity contribution in [1.29, 1.82) is 0 Å². The molecule has 3 aromatic carbocycles. The van der Waals surface area contributed by atoms with Crippen LogP contribution in [0, 0.1) is 17.5 Å². The number of hydrogen-bond donors (Lipinski definition) is 2. The molecule has 0 spiro atoms. The summed E-state index contributed by atoms with van der Waals surface area (Å²) in [4.78, 5) is 23.8. The molecule has 0 radical (unpaired) electrons. The van der Waals surface area contributed by atoms with Crippen LogP contribution in [0.5, 0.6) is 0 Å². The van der Waals surface area contributed by atoms with Crippen molar-refractivity contribution in [1.82, 2.24) is 0 Å². The van der Waals surface area contributed by atoms with Crippen LogP contribution in [0.1, 0.15) is 10.4 Å². The van der Waals surface area contributed by atoms with Crippen LogP contribution in [0.3, 0.4) is 0 Å². The molecule has 0 unspecified atom stereocenters. The summed E-state index contributed by atoms with van der Waals surface area (Å²) in [5, 5.41) is 5.19. The standard InChI is InChI=1S/C22H15F3N2O2/c1-2-19(28)26-14-9-7-13(8-10-14)22(29)27-18-6-4-3-5-15(18)16-11-12-17(23)21(25)20(16)24/h2-12H,1H2,(H,26,28)(H,27,29). The molecule has 0 fully saturated rings. The predicted molar refractivity (Wildman–Crippen MR) is 105 cm³/mol. The normalized spacial score (nSPS) is 10.3. The lowest BCUT2D eigenvalue weighted by atomic mass is 10.0. The van der Waals surface area contributed by atoms with E-state index in [-0.39, 0.29) is 28.3 Å². The zero-order chi connectivity index (χ0) is 21.0. The van der Waals surface area contributed by atoms with E-state index in [9.17, 15) is 22.8 Å². The van der Waals surface area contributed by atoms with Gasteiger partial charge in [0.05, 0.1) is 0 Å². The molecule has 2 amide bonds. The molecule has 4 nitrogen and oxygen atoms in total. The molecule has 3 aromatic rings. The molecule has 0 saturated carbocycles. The number of halogens is 3. The van der Waals surface area contributed by atoms with Gasteiger partial charge in [-0.2, -0.15) is 0 Å². The molecule has 29 heavy (non-hydrogen) atoms. The molecule has 0 saturated heterocycles. The Labute approximate surface area is 164 Å². The summed E-state index contributed by atoms with van der Waals surface area (Å²) in [6.45, 7) is 3.35. The van der Waals surface area contributed by atoms with E-state index >= 15 is 0 Å². The molecule has 0 atom stereocenters. The SMILES string of the molecule is C=CC(=O)Nc1ccc(C(=O)Nc2ccccc2-c2ccc(F)c(F)c2F)cc1. The van der Waals surface area contributed by atoms with Crippen LogP contribution in [0.2, 0.25) is 0 Å². The Bertz CT molecular complexity index is 1100. The Hall–Kier alpha value is -3.87. The topological polar surface area (TPSA) is 58.2 Å². The maximum atomic E-state index is 14.2. The number of hydrogen-bond acceptors (Lipinski definition) is 2. The summed E-state index contributed by atoms with van der Waals surface area (Å²) < 4.78 is 41.0. The van der Waals surface area contributed by atoms with Crippen LogP contribution in [-0.2, 0) is 4.79 Å². The Morgan fingerprint density at radius 3 is 2.17 bits per heavy atom. The van der Waals surface area contributed by atoms with E-state index in [2.05, 4.69) is 17.2 Å². The highest BCUT2D eigenvalue weighted by molar-refractivity contribution is 6.06. The number of benzene rings is 3. The van der Waals surface area contributed by atoms with Crippen molar-refractivity contribution in [2.24, 2.45) is 0 Å². The third-order valence-corrected chi connectivity index (χ3v) is 4.10. The highest BCUT2D eigenvalue weighted by atomic mass is 19.2. The molecular formula is C22H15F3N2O2. The third-order valence-electron chi connectivity index (χ3n) is 4.10. The van der Waals surface area contributed by atoms with Crippen molar-refractivity contribution in [3.8, 4) is 11.1 Å². The van der Waals surface area contributed by atoms with Crippen molar-refractivity contribution in [3.63, 3.8) is 0 Å². The van der Waals surface area contributed by atoms with Crippen LogP contribution in [0.25, 0.3) is 11.1 Å². The van der Waals surface area contributed by atoms with Crippen LogP contribution in [-0.4, -0.2) is 11.8 Å². The Morgan fingerprint density at radius 2 is 1.48 bits per heavy atom. The number of para-hydroxylation sites is 1. The fourth-order valence-corrected chi connectivity index (χ4v) is 2.65. The second-order valence-electron chi connectivity index (χ2n) is 5.99. The van der Waals surface area contributed by atoms with E-state index in [4.69, 9.17) is 0 Å². The van der Waals surface area contributed by atoms with E-state index in [0.29, 0.717) is 5.69 Å². The first-order chi connectivity index (χ1) is 13.9. The van der Waals surface area contributed by atoms with Crippen LogP contribution in [0.4, 0.5) is 24.5 Å². The molecule has 0 heterocycles. The van der Waals surface area contributed by atoms with E-state index in [1.165, 1.54) is 36.4 Å². The summed E-state index contributed by atoms with van der Waals surface area (Å²) in [7, 11) is 0. The average molecular weight is 396 g/mol. The van der Waals surface area contributed by atoms with Crippen molar-refractivity contribution < 1.29 is 22.8 Å². The van der Waals surface area contributed by atoms with Gasteiger partial charge in [-0.3, -0.25) is 9.59 Å². The third kappa shape index (κ3) is 4.35. The average Bonchev–Trinajstić information content (AvgIpc) is 2.73. The highest BCUT2D eigenvalue weighted by Crippen LogP contribution is 2.32. The van der Waals surface area contributed by atoms with Crippen molar-refractivity contribution >= 4 is 23.2 Å². The fraction of sp³-hybridized carbons (Fsp3) is 0. The summed E-state index contributed by atoms with van der Waals surface area (Å²) in [5.74, 6) is -5.10. The zero-order valence-corrected chi connectivity index (χ0v) is 15.0. The fourth-order valence-electron chi connectivity index (χ4n) is 2.65. The molecule has 0 aromatic heterocycles. The number of amides is 2. The summed E-state index contributed by atoms with van der Waals surface area (Å²) >= 11 is 0. The molecule has 3 rings (SSSR count). The summed E-state index contributed by atoms with van der Waals surface area (Å²) in [6, 6.07) is 14.2. The van der Waals surface area contributed by atoms with E-state index < -0.39 is 23.4 Å². The number of nitrogens with one attached hydrogen (secondary N) is 2. The molecule has 7 heteroatoms. The Kier molecular flexibility index (Phi) is 5.78. The Balaban J connectivity index is 1.86. The van der Waals surface area contributed by atoms with E-state index in [1.54, 1.807) is 12.1 Å². The van der Waals surface area contributed by atoms with Gasteiger partial charge >= 0.3 is 0 Å². The monoisotopic (exact) mass is 396 g/mol. The molecule has 2 N–H and O–H groups in total. The lowest BCUT2D eigenvalue weighted by Crippen LogP contribution is -2.13. The van der Waals surface area contributed by atoms with E-state index in [1.807, 2.05) is 0 Å². The van der Waals surface area contributed by atoms with Crippen molar-refractivity contribution in [2.75, 3.05) is 10.6 Å². The minimum atomic E-state index is -1.58. The molecule has 0 aliphatic carbocycles. The number of carbonyl (C=O) groups excluding carboxylic acids is 2. The number of carbonyl (C=O) groups is 2. The van der Waals surface area contributed by atoms with Gasteiger partial charge < -0.3 is 10.6 Å². The first-order valence-corrected chi connectivity index (χ1v) is 8.48. The number of anilines is 2. The van der Waals surface area contributed by atoms with Gasteiger partial charge in [0.1, 0.15) is 0 Å². The first kappa shape index (κ1) is 19.9. The van der Waals surface area contributed by atoms with Gasteiger partial charge in [0.15, 0.2) is 17.5 Å². The molecule has 0 aliphatic heterocycles.